The number of Topliss-reactive ketones (excluding diaryl/α,β-unsaturated/α-hetero) is 2. The minimum absolute atomic E-state index is 0.0248. The van der Waals surface area contributed by atoms with Gasteiger partial charge in [0.1, 0.15) is 17.1 Å². The van der Waals surface area contributed by atoms with Gasteiger partial charge in [-0.15, -0.1) is 0 Å². The van der Waals surface area contributed by atoms with Crippen LogP contribution in [0.4, 0.5) is 11.4 Å². The van der Waals surface area contributed by atoms with Crippen LogP contribution in [0.1, 0.15) is 60.9 Å². The van der Waals surface area contributed by atoms with Gasteiger partial charge in [0.05, 0.1) is 11.3 Å². The van der Waals surface area contributed by atoms with Gasteiger partial charge in [-0.1, -0.05) is 19.3 Å². The second-order valence-electron chi connectivity index (χ2n) is 11.4. The van der Waals surface area contributed by atoms with Crippen LogP contribution in [0.3, 0.4) is 0 Å². The number of rotatable bonds is 4. The van der Waals surface area contributed by atoms with Crippen molar-refractivity contribution in [3.63, 3.8) is 0 Å². The van der Waals surface area contributed by atoms with Crippen molar-refractivity contribution in [3.05, 3.63) is 39.9 Å². The maximum absolute atomic E-state index is 13.9. The van der Waals surface area contributed by atoms with Crippen molar-refractivity contribution in [1.29, 1.82) is 5.41 Å². The van der Waals surface area contributed by atoms with E-state index < -0.39 is 57.8 Å². The normalized spacial score (nSPS) is 26.6. The minimum Gasteiger partial charge on any atom is -0.511 e. The number of nitrogens with two attached hydrogens (primary N) is 1. The van der Waals surface area contributed by atoms with E-state index in [0.717, 1.165) is 32.1 Å². The Morgan fingerprint density at radius 1 is 1.12 bits per heavy atom. The number of aromatic hydroxyl groups is 1. The zero-order chi connectivity index (χ0) is 29.1. The molecule has 40 heavy (non-hydrogen) atoms. The molecule has 4 aliphatic carbocycles. The predicted octanol–water partition coefficient (Wildman–Crippen LogP) is 1.92. The molecule has 12 nitrogen and oxygen atoms in total. The van der Waals surface area contributed by atoms with E-state index in [2.05, 4.69) is 10.6 Å². The quantitative estimate of drug-likeness (QED) is 0.117. The molecule has 1 aromatic carbocycles. The molecule has 0 saturated heterocycles. The first-order valence-corrected chi connectivity index (χ1v) is 13.5. The van der Waals surface area contributed by atoms with Gasteiger partial charge in [0.15, 0.2) is 23.1 Å². The van der Waals surface area contributed by atoms with Crippen molar-refractivity contribution in [1.82, 2.24) is 5.32 Å². The molecule has 1 amide bonds. The van der Waals surface area contributed by atoms with E-state index >= 15 is 0 Å². The van der Waals surface area contributed by atoms with E-state index in [1.54, 1.807) is 25.1 Å². The van der Waals surface area contributed by atoms with Crippen molar-refractivity contribution in [2.24, 2.45) is 17.6 Å². The van der Waals surface area contributed by atoms with E-state index in [4.69, 9.17) is 11.1 Å². The van der Waals surface area contributed by atoms with Gasteiger partial charge < -0.3 is 41.7 Å². The fraction of sp³-hybridized carbons (Fsp3) is 0.500. The third-order valence-corrected chi connectivity index (χ3v) is 8.73. The lowest BCUT2D eigenvalue weighted by Crippen LogP contribution is -2.57. The van der Waals surface area contributed by atoms with Crippen LogP contribution in [0.25, 0.3) is 0 Å². The first-order valence-electron chi connectivity index (χ1n) is 13.5. The number of carbonyl (C=O) groups is 3. The number of carbonyl (C=O) groups excluding carboxylic acids is 3. The fourth-order valence-corrected chi connectivity index (χ4v) is 6.78. The van der Waals surface area contributed by atoms with E-state index in [9.17, 15) is 34.8 Å². The number of aliphatic hydroxyl groups excluding tert-OH is 2. The van der Waals surface area contributed by atoms with Crippen LogP contribution in [0.5, 0.6) is 5.75 Å². The Kier molecular flexibility index (Phi) is 6.77. The molecule has 0 heterocycles. The van der Waals surface area contributed by atoms with Crippen LogP contribution in [0.2, 0.25) is 0 Å². The summed E-state index contributed by atoms with van der Waals surface area (Å²) in [5.74, 6) is -6.77. The standard InChI is InChI=1S/C28H35N5O7/c1-33(2)17-11-16(32-27(30)31-14-6-4-3-5-7-14)22(35)20-15(17)9-12-8-13-10-18(34)21(26(29)39)25(38)28(13,40)24(37)19(12)23(20)36/h11-14,34-35,37,40H,3-10H2,1-2H3,(H2,29,39)(H3,30,31,32)/t12-,13+,28+/m1/s1. The molecule has 214 valence electrons. The van der Waals surface area contributed by atoms with Gasteiger partial charge in [0.25, 0.3) is 5.91 Å². The summed E-state index contributed by atoms with van der Waals surface area (Å²) in [6, 6.07) is 1.79. The number of fused-ring (bicyclic) bond motifs is 3. The molecule has 0 spiro atoms. The van der Waals surface area contributed by atoms with Gasteiger partial charge in [0.2, 0.25) is 5.78 Å². The lowest BCUT2D eigenvalue weighted by molar-refractivity contribution is -0.144. The molecular formula is C28H35N5O7. The lowest BCUT2D eigenvalue weighted by atomic mass is 9.60. The first-order chi connectivity index (χ1) is 18.9. The lowest BCUT2D eigenvalue weighted by Gasteiger charge is -2.46. The zero-order valence-electron chi connectivity index (χ0n) is 22.5. The smallest absolute Gasteiger partial charge is 0.255 e. The number of allylic oxidation sites excluding steroid dienone is 2. The number of nitrogens with zero attached hydrogens (tertiary/aromatic N) is 1. The number of phenolic OH excluding ortho intramolecular Hbond substituents is 1. The molecule has 5 rings (SSSR count). The Morgan fingerprint density at radius 3 is 2.42 bits per heavy atom. The largest absolute Gasteiger partial charge is 0.511 e. The molecule has 0 radical (unpaired) electrons. The third-order valence-electron chi connectivity index (χ3n) is 8.73. The maximum atomic E-state index is 13.9. The van der Waals surface area contributed by atoms with E-state index in [-0.39, 0.29) is 48.1 Å². The molecule has 1 fully saturated rings. The van der Waals surface area contributed by atoms with Gasteiger partial charge in [-0.25, -0.2) is 0 Å². The molecule has 0 unspecified atom stereocenters. The predicted molar refractivity (Wildman–Crippen MR) is 147 cm³/mol. The Morgan fingerprint density at radius 2 is 1.80 bits per heavy atom. The number of guanidine groups is 1. The number of primary amides is 1. The number of phenols is 1. The molecule has 0 bridgehead atoms. The number of ketones is 2. The number of hydrogen-bond acceptors (Lipinski definition) is 9. The fourth-order valence-electron chi connectivity index (χ4n) is 6.78. The van der Waals surface area contributed by atoms with Crippen LogP contribution in [-0.4, -0.2) is 69.6 Å². The molecule has 12 heteroatoms. The molecule has 3 atom stereocenters. The number of nitrogens with one attached hydrogen (secondary N) is 3. The molecule has 1 saturated carbocycles. The SMILES string of the molecule is CN(C)c1cc(NC(=N)NC2CCCCC2)c(O)c2c1C[C@H]1C[C@H]3CC(O)=C(C(N)=O)C(=O)[C@@]3(O)C(O)=C1C2=O. The highest BCUT2D eigenvalue weighted by molar-refractivity contribution is 6.24. The molecule has 9 N–H and O–H groups in total. The summed E-state index contributed by atoms with van der Waals surface area (Å²) in [5, 5.41) is 58.7. The number of amides is 1. The third kappa shape index (κ3) is 4.17. The van der Waals surface area contributed by atoms with Crippen molar-refractivity contribution in [3.8, 4) is 5.75 Å². The summed E-state index contributed by atoms with van der Waals surface area (Å²) in [7, 11) is 3.56. The van der Waals surface area contributed by atoms with Crippen molar-refractivity contribution in [2.75, 3.05) is 24.3 Å². The highest BCUT2D eigenvalue weighted by Crippen LogP contribution is 2.53. The van der Waals surface area contributed by atoms with Gasteiger partial charge in [-0.2, -0.15) is 0 Å². The second kappa shape index (κ2) is 9.84. The minimum atomic E-state index is -2.61. The van der Waals surface area contributed by atoms with Crippen LogP contribution < -0.4 is 21.3 Å². The van der Waals surface area contributed by atoms with Crippen molar-refractivity contribution >= 4 is 34.8 Å². The molecule has 4 aliphatic rings. The highest BCUT2D eigenvalue weighted by atomic mass is 16.3. The summed E-state index contributed by atoms with van der Waals surface area (Å²) in [6.45, 7) is 0. The summed E-state index contributed by atoms with van der Waals surface area (Å²) in [4.78, 5) is 40.7. The number of anilines is 2. The van der Waals surface area contributed by atoms with Crippen molar-refractivity contribution < 1.29 is 34.8 Å². The van der Waals surface area contributed by atoms with E-state index in [1.165, 1.54) is 0 Å². The first kappa shape index (κ1) is 27.5. The van der Waals surface area contributed by atoms with E-state index in [0.29, 0.717) is 11.3 Å². The molecule has 1 aromatic rings. The van der Waals surface area contributed by atoms with Crippen molar-refractivity contribution in [2.45, 2.75) is 63.0 Å². The molecule has 0 aromatic heterocycles. The maximum Gasteiger partial charge on any atom is 0.255 e. The summed E-state index contributed by atoms with van der Waals surface area (Å²) >= 11 is 0. The van der Waals surface area contributed by atoms with Gasteiger partial charge in [-0.3, -0.25) is 19.8 Å². The molecule has 0 aliphatic heterocycles. The monoisotopic (exact) mass is 553 g/mol. The summed E-state index contributed by atoms with van der Waals surface area (Å²) in [6.07, 6.45) is 5.15. The average molecular weight is 554 g/mol. The molecular weight excluding hydrogens is 518 g/mol. The Balaban J connectivity index is 1.56. The Hall–Kier alpha value is -4.06. The number of benzene rings is 1. The second-order valence-corrected chi connectivity index (χ2v) is 11.4. The zero-order valence-corrected chi connectivity index (χ0v) is 22.5. The van der Waals surface area contributed by atoms with Crippen LogP contribution in [0.15, 0.2) is 28.7 Å². The van der Waals surface area contributed by atoms with Crippen LogP contribution in [0, 0.1) is 17.2 Å². The Bertz CT molecular complexity index is 1390. The summed E-state index contributed by atoms with van der Waals surface area (Å²) < 4.78 is 0. The van der Waals surface area contributed by atoms with Crippen LogP contribution in [-0.2, 0) is 16.0 Å². The van der Waals surface area contributed by atoms with Gasteiger partial charge in [-0.05, 0) is 43.2 Å². The average Bonchev–Trinajstić information content (AvgIpc) is 2.88. The topological polar surface area (TPSA) is 209 Å². The number of aliphatic hydroxyl groups is 3. The Labute approximate surface area is 231 Å². The van der Waals surface area contributed by atoms with Gasteiger partial charge in [0, 0.05) is 43.7 Å². The number of hydrogen-bond donors (Lipinski definition) is 8. The summed E-state index contributed by atoms with van der Waals surface area (Å²) in [5.41, 5.74) is 2.77. The van der Waals surface area contributed by atoms with Gasteiger partial charge >= 0.3 is 0 Å². The van der Waals surface area contributed by atoms with Crippen LogP contribution >= 0.6 is 0 Å². The van der Waals surface area contributed by atoms with E-state index in [1.807, 2.05) is 0 Å². The highest BCUT2D eigenvalue weighted by Gasteiger charge is 2.59.